The Hall–Kier alpha value is -1.35. The fraction of sp³-hybridized carbons (Fsp3) is 0.562. The normalized spacial score (nSPS) is 18.4. The van der Waals surface area contributed by atoms with Crippen LogP contribution in [0.5, 0.6) is 0 Å². The van der Waals surface area contributed by atoms with Gasteiger partial charge in [-0.1, -0.05) is 43.7 Å². The third-order valence-corrected chi connectivity index (χ3v) is 3.95. The van der Waals surface area contributed by atoms with Crippen molar-refractivity contribution in [3.63, 3.8) is 0 Å². The Bertz CT molecular complexity index is 412. The van der Waals surface area contributed by atoms with Crippen molar-refractivity contribution < 1.29 is 9.53 Å². The molecule has 0 heterocycles. The summed E-state index contributed by atoms with van der Waals surface area (Å²) in [5.41, 5.74) is 1.32. The minimum Gasteiger partial charge on any atom is -0.465 e. The molecule has 1 unspecified atom stereocenters. The molecule has 3 heteroatoms. The molecule has 1 aliphatic rings. The van der Waals surface area contributed by atoms with E-state index in [0.717, 1.165) is 12.1 Å². The van der Waals surface area contributed by atoms with Gasteiger partial charge in [-0.25, -0.2) is 4.79 Å². The van der Waals surface area contributed by atoms with E-state index < -0.39 is 0 Å². The summed E-state index contributed by atoms with van der Waals surface area (Å²) >= 11 is 0. The number of nitrogens with one attached hydrogen (secondary N) is 1. The third kappa shape index (κ3) is 3.57. The Kier molecular flexibility index (Phi) is 4.59. The molecule has 0 radical (unpaired) electrons. The second kappa shape index (κ2) is 6.20. The van der Waals surface area contributed by atoms with Crippen molar-refractivity contribution >= 4 is 5.97 Å². The Balaban J connectivity index is 2.03. The summed E-state index contributed by atoms with van der Waals surface area (Å²) < 4.78 is 5.17. The van der Waals surface area contributed by atoms with Crippen LogP contribution in [0.25, 0.3) is 0 Å². The van der Waals surface area contributed by atoms with E-state index >= 15 is 0 Å². The van der Waals surface area contributed by atoms with Gasteiger partial charge in [0.25, 0.3) is 0 Å². The van der Waals surface area contributed by atoms with Gasteiger partial charge in [0.1, 0.15) is 6.04 Å². The van der Waals surface area contributed by atoms with Crippen LogP contribution in [0.1, 0.15) is 44.7 Å². The van der Waals surface area contributed by atoms with Crippen LogP contribution in [0.2, 0.25) is 0 Å². The molecule has 1 atom stereocenters. The second-order valence-electron chi connectivity index (χ2n) is 5.64. The number of carbonyl (C=O) groups is 1. The average molecular weight is 261 g/mol. The zero-order chi connectivity index (χ0) is 13.7. The smallest absolute Gasteiger partial charge is 0.327 e. The van der Waals surface area contributed by atoms with E-state index in [1.54, 1.807) is 0 Å². The fourth-order valence-electron chi connectivity index (χ4n) is 2.51. The van der Waals surface area contributed by atoms with E-state index in [-0.39, 0.29) is 12.0 Å². The number of hydrogen-bond acceptors (Lipinski definition) is 3. The number of hydrogen-bond donors (Lipinski definition) is 1. The lowest BCUT2D eigenvalue weighted by Crippen LogP contribution is -2.41. The maximum Gasteiger partial charge on any atom is 0.327 e. The van der Waals surface area contributed by atoms with Gasteiger partial charge in [-0.05, 0) is 30.7 Å². The van der Waals surface area contributed by atoms with Crippen molar-refractivity contribution in [1.82, 2.24) is 5.32 Å². The van der Waals surface area contributed by atoms with Crippen molar-refractivity contribution in [2.75, 3.05) is 13.2 Å². The molecule has 1 aliphatic carbocycles. The molecule has 0 aromatic heterocycles. The Morgan fingerprint density at radius 1 is 1.37 bits per heavy atom. The average Bonchev–Trinajstić information content (AvgIpc) is 2.38. The maximum absolute atomic E-state index is 12.1. The van der Waals surface area contributed by atoms with E-state index in [1.807, 2.05) is 37.3 Å². The molecule has 0 aliphatic heterocycles. The van der Waals surface area contributed by atoms with Gasteiger partial charge in [-0.3, -0.25) is 0 Å². The first-order chi connectivity index (χ1) is 9.14. The molecule has 3 nitrogen and oxygen atoms in total. The first-order valence-electron chi connectivity index (χ1n) is 7.09. The van der Waals surface area contributed by atoms with Crippen molar-refractivity contribution in [1.29, 1.82) is 0 Å². The summed E-state index contributed by atoms with van der Waals surface area (Å²) in [7, 11) is 0. The number of carbonyl (C=O) groups excluding carboxylic acids is 1. The molecule has 1 aromatic carbocycles. The minimum atomic E-state index is -0.349. The molecular formula is C16H23NO2. The fourth-order valence-corrected chi connectivity index (χ4v) is 2.51. The molecule has 1 N–H and O–H groups in total. The van der Waals surface area contributed by atoms with E-state index in [4.69, 9.17) is 4.74 Å². The Morgan fingerprint density at radius 3 is 2.58 bits per heavy atom. The second-order valence-corrected chi connectivity index (χ2v) is 5.64. The van der Waals surface area contributed by atoms with E-state index in [0.29, 0.717) is 12.0 Å². The lowest BCUT2D eigenvalue weighted by atomic mass is 9.70. The molecule has 0 spiro atoms. The van der Waals surface area contributed by atoms with Crippen LogP contribution >= 0.6 is 0 Å². The number of rotatable bonds is 6. The molecule has 2 rings (SSSR count). The first kappa shape index (κ1) is 14.1. The summed E-state index contributed by atoms with van der Waals surface area (Å²) in [5, 5.41) is 3.39. The molecule has 19 heavy (non-hydrogen) atoms. The van der Waals surface area contributed by atoms with Gasteiger partial charge in [0.2, 0.25) is 0 Å². The molecule has 1 fully saturated rings. The van der Waals surface area contributed by atoms with Crippen molar-refractivity contribution in [3.8, 4) is 0 Å². The highest BCUT2D eigenvalue weighted by Crippen LogP contribution is 2.39. The Morgan fingerprint density at radius 2 is 2.05 bits per heavy atom. The van der Waals surface area contributed by atoms with Crippen LogP contribution in [0.15, 0.2) is 30.3 Å². The highest BCUT2D eigenvalue weighted by Gasteiger charge is 2.33. The van der Waals surface area contributed by atoms with E-state index in [9.17, 15) is 4.79 Å². The summed E-state index contributed by atoms with van der Waals surface area (Å²) in [6.07, 6.45) is 3.78. The van der Waals surface area contributed by atoms with Crippen LogP contribution in [-0.2, 0) is 9.53 Å². The molecule has 0 bridgehead atoms. The van der Waals surface area contributed by atoms with Crippen LogP contribution < -0.4 is 5.32 Å². The standard InChI is InChI=1S/C16H23NO2/c1-3-19-15(18)14(13-8-5-4-6-9-13)17-12-16(2)10-7-11-16/h4-6,8-9,14,17H,3,7,10-12H2,1-2H3. The van der Waals surface area contributed by atoms with Crippen LogP contribution in [0.4, 0.5) is 0 Å². The van der Waals surface area contributed by atoms with Gasteiger partial charge in [-0.15, -0.1) is 0 Å². The summed E-state index contributed by atoms with van der Waals surface area (Å²) in [6.45, 7) is 5.40. The summed E-state index contributed by atoms with van der Waals surface area (Å²) in [5.74, 6) is -0.184. The first-order valence-corrected chi connectivity index (χ1v) is 7.09. The van der Waals surface area contributed by atoms with E-state index in [2.05, 4.69) is 12.2 Å². The monoisotopic (exact) mass is 261 g/mol. The largest absolute Gasteiger partial charge is 0.465 e. The molecular weight excluding hydrogens is 238 g/mol. The lowest BCUT2D eigenvalue weighted by Gasteiger charge is -2.39. The predicted octanol–water partition coefficient (Wildman–Crippen LogP) is 3.07. The van der Waals surface area contributed by atoms with Gasteiger partial charge in [0.15, 0.2) is 0 Å². The van der Waals surface area contributed by atoms with Crippen LogP contribution in [-0.4, -0.2) is 19.1 Å². The molecule has 0 amide bonds. The minimum absolute atomic E-state index is 0.184. The highest BCUT2D eigenvalue weighted by atomic mass is 16.5. The maximum atomic E-state index is 12.1. The number of ether oxygens (including phenoxy) is 1. The summed E-state index contributed by atoms with van der Waals surface area (Å²) in [4.78, 5) is 12.1. The van der Waals surface area contributed by atoms with Gasteiger partial charge in [-0.2, -0.15) is 0 Å². The number of esters is 1. The lowest BCUT2D eigenvalue weighted by molar-refractivity contribution is -0.146. The van der Waals surface area contributed by atoms with Crippen molar-refractivity contribution in [2.45, 2.75) is 39.2 Å². The number of benzene rings is 1. The van der Waals surface area contributed by atoms with Crippen molar-refractivity contribution in [2.24, 2.45) is 5.41 Å². The van der Waals surface area contributed by atoms with Crippen LogP contribution in [0, 0.1) is 5.41 Å². The van der Waals surface area contributed by atoms with Gasteiger partial charge in [0.05, 0.1) is 6.61 Å². The van der Waals surface area contributed by atoms with Gasteiger partial charge in [0, 0.05) is 6.54 Å². The third-order valence-electron chi connectivity index (χ3n) is 3.95. The SMILES string of the molecule is CCOC(=O)C(NCC1(C)CCC1)c1ccccc1. The van der Waals surface area contributed by atoms with Crippen molar-refractivity contribution in [3.05, 3.63) is 35.9 Å². The van der Waals surface area contributed by atoms with Crippen LogP contribution in [0.3, 0.4) is 0 Å². The highest BCUT2D eigenvalue weighted by molar-refractivity contribution is 5.77. The molecule has 0 saturated heterocycles. The Labute approximate surface area is 115 Å². The zero-order valence-corrected chi connectivity index (χ0v) is 11.8. The predicted molar refractivity (Wildman–Crippen MR) is 75.8 cm³/mol. The van der Waals surface area contributed by atoms with E-state index in [1.165, 1.54) is 19.3 Å². The zero-order valence-electron chi connectivity index (χ0n) is 11.8. The molecule has 104 valence electrons. The summed E-state index contributed by atoms with van der Waals surface area (Å²) in [6, 6.07) is 9.45. The quantitative estimate of drug-likeness (QED) is 0.800. The van der Waals surface area contributed by atoms with Gasteiger partial charge < -0.3 is 10.1 Å². The molecule has 1 saturated carbocycles. The molecule has 1 aromatic rings. The van der Waals surface area contributed by atoms with Gasteiger partial charge >= 0.3 is 5.97 Å². The topological polar surface area (TPSA) is 38.3 Å².